The molecule has 0 saturated carbocycles. The third kappa shape index (κ3) is 5.06. The highest BCUT2D eigenvalue weighted by atomic mass is 16.5. The van der Waals surface area contributed by atoms with Crippen molar-refractivity contribution in [2.24, 2.45) is 0 Å². The summed E-state index contributed by atoms with van der Waals surface area (Å²) in [7, 11) is 1.59. The highest BCUT2D eigenvalue weighted by Gasteiger charge is 2.25. The summed E-state index contributed by atoms with van der Waals surface area (Å²) in [5.74, 6) is -0.845. The molecule has 0 aliphatic rings. The predicted octanol–water partition coefficient (Wildman–Crippen LogP) is 2.95. The van der Waals surface area contributed by atoms with Crippen LogP contribution in [0.5, 0.6) is 5.75 Å². The zero-order valence-electron chi connectivity index (χ0n) is 13.5. The van der Waals surface area contributed by atoms with Crippen LogP contribution in [0.3, 0.4) is 0 Å². The maximum absolute atomic E-state index is 12.4. The van der Waals surface area contributed by atoms with Crippen LogP contribution in [-0.4, -0.2) is 30.1 Å². The van der Waals surface area contributed by atoms with Crippen LogP contribution in [0.4, 0.5) is 0 Å². The maximum atomic E-state index is 12.4. The Morgan fingerprint density at radius 1 is 1.23 bits per heavy atom. The second-order valence-corrected chi connectivity index (χ2v) is 5.28. The minimum atomic E-state index is -0.980. The van der Waals surface area contributed by atoms with E-state index in [0.29, 0.717) is 12.8 Å². The Morgan fingerprint density at radius 2 is 1.86 bits per heavy atom. The molecule has 0 saturated heterocycles. The molecule has 1 aromatic rings. The van der Waals surface area contributed by atoms with Crippen molar-refractivity contribution in [3.05, 3.63) is 29.8 Å². The standard InChI is InChI=1S/C17H25NO4/c1-4-6-7-15(17(20)21)18-16(19)14(5-2)12-8-10-13(22-3)11-9-12/h8-11,14-15H,4-7H2,1-3H3,(H,18,19)(H,20,21). The molecule has 0 spiro atoms. The second kappa shape index (κ2) is 9.07. The van der Waals surface area contributed by atoms with Crippen molar-refractivity contribution < 1.29 is 19.4 Å². The summed E-state index contributed by atoms with van der Waals surface area (Å²) in [6, 6.07) is 6.47. The topological polar surface area (TPSA) is 75.6 Å². The molecule has 0 bridgehead atoms. The van der Waals surface area contributed by atoms with Crippen LogP contribution in [0.25, 0.3) is 0 Å². The largest absolute Gasteiger partial charge is 0.497 e. The van der Waals surface area contributed by atoms with Crippen LogP contribution < -0.4 is 10.1 Å². The van der Waals surface area contributed by atoms with Gasteiger partial charge < -0.3 is 15.2 Å². The number of rotatable bonds is 9. The van der Waals surface area contributed by atoms with Gasteiger partial charge in [-0.05, 0) is 30.5 Å². The van der Waals surface area contributed by atoms with Gasteiger partial charge in [0.25, 0.3) is 0 Å². The summed E-state index contributed by atoms with van der Waals surface area (Å²) in [4.78, 5) is 23.6. The molecular formula is C17H25NO4. The second-order valence-electron chi connectivity index (χ2n) is 5.28. The molecule has 1 amide bonds. The Labute approximate surface area is 131 Å². The van der Waals surface area contributed by atoms with Crippen LogP contribution in [0.2, 0.25) is 0 Å². The van der Waals surface area contributed by atoms with E-state index in [1.54, 1.807) is 19.2 Å². The lowest BCUT2D eigenvalue weighted by atomic mass is 9.95. The van der Waals surface area contributed by atoms with E-state index in [1.165, 1.54) is 0 Å². The molecule has 0 fully saturated rings. The van der Waals surface area contributed by atoms with Crippen LogP contribution in [0.15, 0.2) is 24.3 Å². The van der Waals surface area contributed by atoms with Crippen LogP contribution in [-0.2, 0) is 9.59 Å². The van der Waals surface area contributed by atoms with E-state index in [1.807, 2.05) is 26.0 Å². The Hall–Kier alpha value is -2.04. The van der Waals surface area contributed by atoms with Crippen molar-refractivity contribution >= 4 is 11.9 Å². The smallest absolute Gasteiger partial charge is 0.326 e. The van der Waals surface area contributed by atoms with E-state index in [9.17, 15) is 14.7 Å². The molecule has 2 atom stereocenters. The molecule has 2 unspecified atom stereocenters. The third-order valence-corrected chi connectivity index (χ3v) is 3.70. The monoisotopic (exact) mass is 307 g/mol. The Kier molecular flexibility index (Phi) is 7.43. The average Bonchev–Trinajstić information content (AvgIpc) is 2.52. The lowest BCUT2D eigenvalue weighted by Gasteiger charge is -2.20. The van der Waals surface area contributed by atoms with Gasteiger partial charge in [-0.3, -0.25) is 4.79 Å². The summed E-state index contributed by atoms with van der Waals surface area (Å²) >= 11 is 0. The number of nitrogens with one attached hydrogen (secondary N) is 1. The summed E-state index contributed by atoms with van der Waals surface area (Å²) < 4.78 is 5.11. The number of unbranched alkanes of at least 4 members (excludes halogenated alkanes) is 1. The van der Waals surface area contributed by atoms with E-state index >= 15 is 0 Å². The molecule has 0 aliphatic heterocycles. The highest BCUT2D eigenvalue weighted by molar-refractivity contribution is 5.88. The van der Waals surface area contributed by atoms with E-state index in [0.717, 1.165) is 24.2 Å². The maximum Gasteiger partial charge on any atom is 0.326 e. The fraction of sp³-hybridized carbons (Fsp3) is 0.529. The number of aliphatic carboxylic acids is 1. The van der Waals surface area contributed by atoms with Gasteiger partial charge in [0.15, 0.2) is 0 Å². The van der Waals surface area contributed by atoms with Gasteiger partial charge in [-0.2, -0.15) is 0 Å². The summed E-state index contributed by atoms with van der Waals surface area (Å²) in [6.07, 6.45) is 2.74. The summed E-state index contributed by atoms with van der Waals surface area (Å²) in [5, 5.41) is 11.9. The zero-order valence-corrected chi connectivity index (χ0v) is 13.5. The van der Waals surface area contributed by atoms with Crippen molar-refractivity contribution in [1.82, 2.24) is 5.32 Å². The first-order valence-corrected chi connectivity index (χ1v) is 7.70. The number of benzene rings is 1. The number of carbonyl (C=O) groups is 2. The van der Waals surface area contributed by atoms with Crippen LogP contribution >= 0.6 is 0 Å². The molecule has 0 aliphatic carbocycles. The van der Waals surface area contributed by atoms with E-state index in [4.69, 9.17) is 4.74 Å². The Balaban J connectivity index is 2.79. The molecule has 5 nitrogen and oxygen atoms in total. The quantitative estimate of drug-likeness (QED) is 0.735. The van der Waals surface area contributed by atoms with Gasteiger partial charge in [-0.1, -0.05) is 38.8 Å². The molecule has 2 N–H and O–H groups in total. The van der Waals surface area contributed by atoms with Gasteiger partial charge in [0, 0.05) is 0 Å². The van der Waals surface area contributed by atoms with Crippen molar-refractivity contribution in [2.45, 2.75) is 51.5 Å². The number of methoxy groups -OCH3 is 1. The van der Waals surface area contributed by atoms with Gasteiger partial charge in [-0.25, -0.2) is 4.79 Å². The van der Waals surface area contributed by atoms with Crippen molar-refractivity contribution in [3.63, 3.8) is 0 Å². The predicted molar refractivity (Wildman–Crippen MR) is 85.1 cm³/mol. The molecule has 122 valence electrons. The fourth-order valence-electron chi connectivity index (χ4n) is 2.35. The van der Waals surface area contributed by atoms with Crippen molar-refractivity contribution in [1.29, 1.82) is 0 Å². The van der Waals surface area contributed by atoms with Gasteiger partial charge in [0.05, 0.1) is 13.0 Å². The summed E-state index contributed by atoms with van der Waals surface area (Å²) in [5.41, 5.74) is 0.862. The van der Waals surface area contributed by atoms with Crippen molar-refractivity contribution in [3.8, 4) is 5.75 Å². The minimum Gasteiger partial charge on any atom is -0.497 e. The summed E-state index contributed by atoms with van der Waals surface area (Å²) in [6.45, 7) is 3.91. The number of hydrogen-bond acceptors (Lipinski definition) is 3. The number of carboxylic acid groups (broad SMARTS) is 1. The first kappa shape index (κ1) is 18.0. The van der Waals surface area contributed by atoms with E-state index in [-0.39, 0.29) is 11.8 Å². The fourth-order valence-corrected chi connectivity index (χ4v) is 2.35. The van der Waals surface area contributed by atoms with Gasteiger partial charge in [0.2, 0.25) is 5.91 Å². The molecule has 0 aromatic heterocycles. The third-order valence-electron chi connectivity index (χ3n) is 3.70. The van der Waals surface area contributed by atoms with Gasteiger partial charge in [0.1, 0.15) is 11.8 Å². The first-order chi connectivity index (χ1) is 10.5. The lowest BCUT2D eigenvalue weighted by Crippen LogP contribution is -2.42. The molecular weight excluding hydrogens is 282 g/mol. The number of hydrogen-bond donors (Lipinski definition) is 2. The van der Waals surface area contributed by atoms with Crippen molar-refractivity contribution in [2.75, 3.05) is 7.11 Å². The van der Waals surface area contributed by atoms with E-state index in [2.05, 4.69) is 5.32 Å². The van der Waals surface area contributed by atoms with Crippen LogP contribution in [0, 0.1) is 0 Å². The van der Waals surface area contributed by atoms with Crippen LogP contribution in [0.1, 0.15) is 51.0 Å². The molecule has 22 heavy (non-hydrogen) atoms. The normalized spacial score (nSPS) is 13.2. The number of carbonyl (C=O) groups excluding carboxylic acids is 1. The van der Waals surface area contributed by atoms with Gasteiger partial charge >= 0.3 is 5.97 Å². The van der Waals surface area contributed by atoms with E-state index < -0.39 is 12.0 Å². The molecule has 0 heterocycles. The highest BCUT2D eigenvalue weighted by Crippen LogP contribution is 2.22. The number of carboxylic acids is 1. The molecule has 1 aromatic carbocycles. The molecule has 5 heteroatoms. The zero-order chi connectivity index (χ0) is 16.5. The number of ether oxygens (including phenoxy) is 1. The Morgan fingerprint density at radius 3 is 2.32 bits per heavy atom. The Bertz CT molecular complexity index is 484. The average molecular weight is 307 g/mol. The minimum absolute atomic E-state index is 0.240. The number of amides is 1. The lowest BCUT2D eigenvalue weighted by molar-refractivity contribution is -0.142. The SMILES string of the molecule is CCCCC(NC(=O)C(CC)c1ccc(OC)cc1)C(=O)O. The molecule has 1 rings (SSSR count). The molecule has 0 radical (unpaired) electrons. The van der Waals surface area contributed by atoms with Gasteiger partial charge in [-0.15, -0.1) is 0 Å². The first-order valence-electron chi connectivity index (χ1n) is 7.70.